The molecule has 0 aliphatic carbocycles. The van der Waals surface area contributed by atoms with Crippen LogP contribution in [0.2, 0.25) is 0 Å². The molecule has 0 spiro atoms. The summed E-state index contributed by atoms with van der Waals surface area (Å²) < 4.78 is 9.44. The standard InChI is InChI=1S/C42H25BN2O/c1-3-12-26(13-4-1)27-22-23-36-32(24-27)30-17-11-18-31-33-25-34-29-16-7-10-21-38(29)46-42(34)41-39(33)43(45(36)40(30)31)35-19-8-9-20-37(35)44(41)28-14-5-2-6-15-28/h1-25H. The molecule has 0 unspecified atom stereocenters. The van der Waals surface area contributed by atoms with Gasteiger partial charge in [-0.15, -0.1) is 0 Å². The molecule has 2 aromatic heterocycles. The van der Waals surface area contributed by atoms with Gasteiger partial charge in [0.25, 0.3) is 0 Å². The van der Waals surface area contributed by atoms with Crippen LogP contribution in [0.4, 0.5) is 17.1 Å². The zero-order valence-corrected chi connectivity index (χ0v) is 24.8. The zero-order chi connectivity index (χ0) is 29.9. The van der Waals surface area contributed by atoms with Crippen molar-refractivity contribution >= 4 is 78.6 Å². The lowest BCUT2D eigenvalue weighted by molar-refractivity contribution is 0.669. The van der Waals surface area contributed by atoms with Gasteiger partial charge in [-0.25, -0.2) is 0 Å². The van der Waals surface area contributed by atoms with E-state index in [9.17, 15) is 0 Å². The lowest BCUT2D eigenvalue weighted by atomic mass is 9.45. The third kappa shape index (κ3) is 3.03. The molecular weight excluding hydrogens is 559 g/mol. The van der Waals surface area contributed by atoms with Crippen LogP contribution >= 0.6 is 0 Å². The van der Waals surface area contributed by atoms with E-state index in [1.165, 1.54) is 60.7 Å². The number of fused-ring (bicyclic) bond motifs is 11. The normalized spacial score (nSPS) is 13.1. The predicted molar refractivity (Wildman–Crippen MR) is 193 cm³/mol. The molecule has 0 fully saturated rings. The van der Waals surface area contributed by atoms with Gasteiger partial charge in [0.1, 0.15) is 5.58 Å². The fourth-order valence-corrected chi connectivity index (χ4v) is 8.29. The highest BCUT2D eigenvalue weighted by molar-refractivity contribution is 6.90. The Balaban J connectivity index is 1.33. The molecule has 9 aromatic rings. The second kappa shape index (κ2) is 8.80. The second-order valence-corrected chi connectivity index (χ2v) is 12.5. The quantitative estimate of drug-likeness (QED) is 0.189. The lowest BCUT2D eigenvalue weighted by Gasteiger charge is -2.40. The number of hydrogen-bond acceptors (Lipinski definition) is 2. The van der Waals surface area contributed by atoms with Crippen molar-refractivity contribution in [3.8, 4) is 22.3 Å². The van der Waals surface area contributed by atoms with E-state index >= 15 is 0 Å². The first-order chi connectivity index (χ1) is 22.8. The van der Waals surface area contributed by atoms with Gasteiger partial charge in [-0.1, -0.05) is 109 Å². The van der Waals surface area contributed by atoms with Crippen molar-refractivity contribution in [3.63, 3.8) is 0 Å². The van der Waals surface area contributed by atoms with Crippen LogP contribution in [-0.2, 0) is 0 Å². The SMILES string of the molecule is c1ccc(-c2ccc3c(c2)c2cccc4c2n3B2c3ccccc3N(c3ccccc3)c3c2c-4cc2c3oc3ccccc32)cc1. The van der Waals surface area contributed by atoms with E-state index in [4.69, 9.17) is 4.42 Å². The summed E-state index contributed by atoms with van der Waals surface area (Å²) in [5.74, 6) is 0. The Morgan fingerprint density at radius 2 is 1.28 bits per heavy atom. The Morgan fingerprint density at radius 1 is 0.522 bits per heavy atom. The Bertz CT molecular complexity index is 2710. The van der Waals surface area contributed by atoms with E-state index in [0.29, 0.717) is 0 Å². The highest BCUT2D eigenvalue weighted by Crippen LogP contribution is 2.49. The molecule has 0 saturated carbocycles. The summed E-state index contributed by atoms with van der Waals surface area (Å²) >= 11 is 0. The van der Waals surface area contributed by atoms with Crippen molar-refractivity contribution in [1.82, 2.24) is 4.48 Å². The van der Waals surface area contributed by atoms with Crippen LogP contribution in [0.15, 0.2) is 156 Å². The van der Waals surface area contributed by atoms with Gasteiger partial charge in [0.15, 0.2) is 5.58 Å². The fourth-order valence-electron chi connectivity index (χ4n) is 8.29. The van der Waals surface area contributed by atoms with Gasteiger partial charge in [-0.05, 0) is 70.1 Å². The maximum Gasteiger partial charge on any atom is 0.333 e. The van der Waals surface area contributed by atoms with Crippen molar-refractivity contribution in [2.24, 2.45) is 0 Å². The zero-order valence-electron chi connectivity index (χ0n) is 24.8. The van der Waals surface area contributed by atoms with Crippen molar-refractivity contribution in [2.75, 3.05) is 4.90 Å². The molecule has 3 nitrogen and oxygen atoms in total. The number of anilines is 3. The van der Waals surface area contributed by atoms with E-state index in [0.717, 1.165) is 33.3 Å². The van der Waals surface area contributed by atoms with E-state index in [1.54, 1.807) is 0 Å². The van der Waals surface area contributed by atoms with Crippen LogP contribution in [0.25, 0.3) is 66.0 Å². The van der Waals surface area contributed by atoms with Crippen LogP contribution in [0.1, 0.15) is 0 Å². The molecule has 2 aliphatic heterocycles. The van der Waals surface area contributed by atoms with Gasteiger partial charge in [0.05, 0.1) is 5.69 Å². The van der Waals surface area contributed by atoms with Crippen molar-refractivity contribution in [1.29, 1.82) is 0 Å². The summed E-state index contributed by atoms with van der Waals surface area (Å²) in [5, 5.41) is 4.87. The van der Waals surface area contributed by atoms with E-state index < -0.39 is 0 Å². The van der Waals surface area contributed by atoms with Crippen LogP contribution in [0.3, 0.4) is 0 Å². The molecule has 46 heavy (non-hydrogen) atoms. The summed E-state index contributed by atoms with van der Waals surface area (Å²) in [5.41, 5.74) is 15.4. The molecule has 11 rings (SSSR count). The van der Waals surface area contributed by atoms with Crippen LogP contribution in [0.5, 0.6) is 0 Å². The van der Waals surface area contributed by atoms with Crippen LogP contribution in [-0.4, -0.2) is 11.3 Å². The Kier molecular flexibility index (Phi) is 4.66. The van der Waals surface area contributed by atoms with Gasteiger partial charge in [-0.3, -0.25) is 0 Å². The van der Waals surface area contributed by atoms with E-state index in [2.05, 4.69) is 161 Å². The van der Waals surface area contributed by atoms with Crippen LogP contribution in [0, 0.1) is 0 Å². The number of benzene rings is 7. The van der Waals surface area contributed by atoms with Crippen LogP contribution < -0.4 is 15.8 Å². The second-order valence-electron chi connectivity index (χ2n) is 12.5. The fraction of sp³-hybridized carbons (Fsp3) is 0. The Morgan fingerprint density at radius 3 is 2.17 bits per heavy atom. The largest absolute Gasteiger partial charge is 0.454 e. The monoisotopic (exact) mass is 584 g/mol. The highest BCUT2D eigenvalue weighted by atomic mass is 16.3. The average molecular weight is 584 g/mol. The maximum atomic E-state index is 6.83. The van der Waals surface area contributed by atoms with Crippen molar-refractivity contribution in [2.45, 2.75) is 0 Å². The molecule has 0 radical (unpaired) electrons. The summed E-state index contributed by atoms with van der Waals surface area (Å²) in [6, 6.07) is 55.0. The van der Waals surface area contributed by atoms with Gasteiger partial charge in [0.2, 0.25) is 0 Å². The number of hydrogen-bond donors (Lipinski definition) is 0. The molecule has 4 heterocycles. The van der Waals surface area contributed by atoms with Gasteiger partial charge in [-0.2, -0.15) is 0 Å². The summed E-state index contributed by atoms with van der Waals surface area (Å²) in [6.07, 6.45) is 0. The third-order valence-electron chi connectivity index (χ3n) is 10.1. The molecule has 7 aromatic carbocycles. The predicted octanol–water partition coefficient (Wildman–Crippen LogP) is 9.78. The Hall–Kier alpha value is -6.00. The number of furan rings is 1. The van der Waals surface area contributed by atoms with Crippen molar-refractivity contribution < 1.29 is 4.42 Å². The molecule has 0 saturated heterocycles. The van der Waals surface area contributed by atoms with Gasteiger partial charge in [0, 0.05) is 49.5 Å². The first-order valence-corrected chi connectivity index (χ1v) is 15.9. The third-order valence-corrected chi connectivity index (χ3v) is 10.1. The van der Waals surface area contributed by atoms with E-state index in [-0.39, 0.29) is 6.85 Å². The number of aromatic nitrogens is 1. The molecule has 0 amide bonds. The molecule has 0 bridgehead atoms. The molecule has 212 valence electrons. The van der Waals surface area contributed by atoms with E-state index in [1.807, 2.05) is 0 Å². The minimum absolute atomic E-state index is 0.0174. The van der Waals surface area contributed by atoms with Gasteiger partial charge >= 0.3 is 6.85 Å². The smallest absolute Gasteiger partial charge is 0.333 e. The molecule has 4 heteroatoms. The summed E-state index contributed by atoms with van der Waals surface area (Å²) in [7, 11) is 0. The van der Waals surface area contributed by atoms with Crippen molar-refractivity contribution in [3.05, 3.63) is 152 Å². The number of nitrogens with zero attached hydrogens (tertiary/aromatic N) is 2. The van der Waals surface area contributed by atoms with Gasteiger partial charge < -0.3 is 13.8 Å². The first-order valence-electron chi connectivity index (χ1n) is 15.9. The molecular formula is C42H25BN2O. The summed E-state index contributed by atoms with van der Waals surface area (Å²) in [6.45, 7) is -0.0174. The molecule has 0 N–H and O–H groups in total. The highest BCUT2D eigenvalue weighted by Gasteiger charge is 2.44. The number of para-hydroxylation sites is 4. The first kappa shape index (κ1) is 24.3. The minimum Gasteiger partial charge on any atom is -0.454 e. The maximum absolute atomic E-state index is 6.83. The molecule has 2 aliphatic rings. The number of rotatable bonds is 2. The summed E-state index contributed by atoms with van der Waals surface area (Å²) in [4.78, 5) is 2.43. The topological polar surface area (TPSA) is 21.3 Å². The lowest BCUT2D eigenvalue weighted by Crippen LogP contribution is -2.56. The average Bonchev–Trinajstić information content (AvgIpc) is 3.66. The Labute approximate surface area is 265 Å². The molecule has 0 atom stereocenters. The minimum atomic E-state index is -0.0174.